The van der Waals surface area contributed by atoms with E-state index in [2.05, 4.69) is 69.9 Å². The molecule has 0 spiro atoms. The van der Waals surface area contributed by atoms with Crippen molar-refractivity contribution in [3.8, 4) is 0 Å². The zero-order valence-electron chi connectivity index (χ0n) is 10.2. The van der Waals surface area contributed by atoms with E-state index < -0.39 is 0 Å². The minimum atomic E-state index is 0.575. The van der Waals surface area contributed by atoms with Crippen molar-refractivity contribution in [2.75, 3.05) is 6.54 Å². The first-order valence-electron chi connectivity index (χ1n) is 5.89. The second-order valence-electron chi connectivity index (χ2n) is 4.09. The van der Waals surface area contributed by atoms with Crippen molar-refractivity contribution < 1.29 is 0 Å². The van der Waals surface area contributed by atoms with E-state index in [1.54, 1.807) is 11.3 Å². The molecule has 0 amide bonds. The summed E-state index contributed by atoms with van der Waals surface area (Å²) in [5, 5.41) is 6.20. The lowest BCUT2D eigenvalue weighted by Crippen LogP contribution is -2.21. The van der Waals surface area contributed by atoms with E-state index in [0.717, 1.165) is 17.6 Å². The summed E-state index contributed by atoms with van der Waals surface area (Å²) < 4.78 is 1.13. The van der Waals surface area contributed by atoms with Crippen molar-refractivity contribution in [2.24, 2.45) is 0 Å². The van der Waals surface area contributed by atoms with Gasteiger partial charge in [-0.05, 0) is 35.7 Å². The van der Waals surface area contributed by atoms with Gasteiger partial charge in [0.05, 0.1) is 0 Å². The lowest BCUT2D eigenvalue weighted by atomic mass is 10.4. The van der Waals surface area contributed by atoms with Crippen LogP contribution in [-0.2, 0) is 6.54 Å². The molecule has 0 saturated heterocycles. The summed E-state index contributed by atoms with van der Waals surface area (Å²) in [5.41, 5.74) is 0. The number of hydrogen-bond donors (Lipinski definition) is 1. The number of rotatable bonds is 6. The second kappa shape index (κ2) is 7.34. The molecule has 0 saturated carbocycles. The minimum Gasteiger partial charge on any atom is -0.311 e. The first-order valence-corrected chi connectivity index (χ1v) is 8.44. The predicted molar refractivity (Wildman–Crippen MR) is 85.5 cm³/mol. The molecule has 1 aromatic heterocycles. The number of nitrogens with one attached hydrogen (secondary N) is 1. The van der Waals surface area contributed by atoms with Crippen LogP contribution >= 0.6 is 39.0 Å². The van der Waals surface area contributed by atoms with Crippen molar-refractivity contribution in [3.05, 3.63) is 51.1 Å². The Morgan fingerprint density at radius 2 is 2.06 bits per heavy atom. The Balaban J connectivity index is 1.71. The maximum Gasteiger partial charge on any atom is 0.0300 e. The Kier molecular flexibility index (Phi) is 5.76. The molecule has 0 aliphatic heterocycles. The highest BCUT2D eigenvalue weighted by Crippen LogP contribution is 2.24. The quantitative estimate of drug-likeness (QED) is 0.758. The van der Waals surface area contributed by atoms with Crippen LogP contribution in [0.1, 0.15) is 11.8 Å². The van der Waals surface area contributed by atoms with Crippen molar-refractivity contribution in [3.63, 3.8) is 0 Å². The summed E-state index contributed by atoms with van der Waals surface area (Å²) >= 11 is 7.17. The molecule has 1 atom stereocenters. The van der Waals surface area contributed by atoms with Gasteiger partial charge in [0.2, 0.25) is 0 Å². The summed E-state index contributed by atoms with van der Waals surface area (Å²) in [6.07, 6.45) is 0. The monoisotopic (exact) mass is 341 g/mol. The third kappa shape index (κ3) is 4.76. The zero-order chi connectivity index (χ0) is 12.8. The normalized spacial score (nSPS) is 12.6. The van der Waals surface area contributed by atoms with Crippen LogP contribution < -0.4 is 5.32 Å². The molecular formula is C14H16BrNS2. The van der Waals surface area contributed by atoms with E-state index in [-0.39, 0.29) is 0 Å². The van der Waals surface area contributed by atoms with Gasteiger partial charge < -0.3 is 5.32 Å². The summed E-state index contributed by atoms with van der Waals surface area (Å²) in [4.78, 5) is 2.72. The summed E-state index contributed by atoms with van der Waals surface area (Å²) in [7, 11) is 0. The SMILES string of the molecule is CC(CNCc1cccs1)Sc1ccc(Br)cc1. The fourth-order valence-corrected chi connectivity index (χ4v) is 3.50. The van der Waals surface area contributed by atoms with Crippen molar-refractivity contribution >= 4 is 39.0 Å². The lowest BCUT2D eigenvalue weighted by molar-refractivity contribution is 0.690. The number of hydrogen-bond acceptors (Lipinski definition) is 3. The van der Waals surface area contributed by atoms with Crippen LogP contribution in [-0.4, -0.2) is 11.8 Å². The fraction of sp³-hybridized carbons (Fsp3) is 0.286. The number of benzene rings is 1. The van der Waals surface area contributed by atoms with Crippen molar-refractivity contribution in [1.82, 2.24) is 5.32 Å². The van der Waals surface area contributed by atoms with E-state index >= 15 is 0 Å². The molecule has 1 unspecified atom stereocenters. The molecule has 2 aromatic rings. The van der Waals surface area contributed by atoms with E-state index in [4.69, 9.17) is 0 Å². The van der Waals surface area contributed by atoms with Crippen LogP contribution in [0.25, 0.3) is 0 Å². The molecule has 0 aliphatic carbocycles. The summed E-state index contributed by atoms with van der Waals surface area (Å²) in [5.74, 6) is 0. The van der Waals surface area contributed by atoms with Crippen LogP contribution in [0, 0.1) is 0 Å². The van der Waals surface area contributed by atoms with Gasteiger partial charge >= 0.3 is 0 Å². The van der Waals surface area contributed by atoms with Gasteiger partial charge in [-0.25, -0.2) is 0 Å². The Hall–Kier alpha value is -0.290. The van der Waals surface area contributed by atoms with Gasteiger partial charge in [-0.1, -0.05) is 28.9 Å². The molecule has 1 N–H and O–H groups in total. The van der Waals surface area contributed by atoms with Gasteiger partial charge in [-0.2, -0.15) is 0 Å². The second-order valence-corrected chi connectivity index (χ2v) is 7.55. The molecule has 0 bridgehead atoms. The van der Waals surface area contributed by atoms with Crippen LogP contribution in [0.2, 0.25) is 0 Å². The van der Waals surface area contributed by atoms with Crippen LogP contribution in [0.4, 0.5) is 0 Å². The maximum atomic E-state index is 3.50. The van der Waals surface area contributed by atoms with E-state index in [9.17, 15) is 0 Å². The molecule has 1 nitrogen and oxygen atoms in total. The third-order valence-corrected chi connectivity index (χ3v) is 4.98. The molecule has 1 heterocycles. The van der Waals surface area contributed by atoms with Gasteiger partial charge in [0.15, 0.2) is 0 Å². The highest BCUT2D eigenvalue weighted by Gasteiger charge is 2.04. The van der Waals surface area contributed by atoms with E-state index in [1.165, 1.54) is 9.77 Å². The van der Waals surface area contributed by atoms with Gasteiger partial charge in [0.25, 0.3) is 0 Å². The Labute approximate surface area is 125 Å². The number of thiophene rings is 1. The first-order chi connectivity index (χ1) is 8.74. The topological polar surface area (TPSA) is 12.0 Å². The van der Waals surface area contributed by atoms with Crippen LogP contribution in [0.15, 0.2) is 51.1 Å². The molecule has 2 rings (SSSR count). The molecule has 0 fully saturated rings. The standard InChI is InChI=1S/C14H16BrNS2/c1-11(9-16-10-14-3-2-8-17-14)18-13-6-4-12(15)5-7-13/h2-8,11,16H,9-10H2,1H3. The molecule has 0 aliphatic rings. The Bertz CT molecular complexity index is 453. The average Bonchev–Trinajstić information content (AvgIpc) is 2.85. The molecule has 1 aromatic carbocycles. The minimum absolute atomic E-state index is 0.575. The largest absolute Gasteiger partial charge is 0.311 e. The molecule has 96 valence electrons. The van der Waals surface area contributed by atoms with Gasteiger partial charge in [-0.3, -0.25) is 0 Å². The third-order valence-electron chi connectivity index (χ3n) is 2.46. The van der Waals surface area contributed by atoms with E-state index in [0.29, 0.717) is 5.25 Å². The average molecular weight is 342 g/mol. The highest BCUT2D eigenvalue weighted by atomic mass is 79.9. The fourth-order valence-electron chi connectivity index (χ4n) is 1.60. The Morgan fingerprint density at radius 1 is 1.28 bits per heavy atom. The summed E-state index contributed by atoms with van der Waals surface area (Å²) in [6, 6.07) is 12.8. The number of thioether (sulfide) groups is 1. The van der Waals surface area contributed by atoms with Crippen LogP contribution in [0.3, 0.4) is 0 Å². The highest BCUT2D eigenvalue weighted by molar-refractivity contribution is 9.10. The smallest absolute Gasteiger partial charge is 0.0300 e. The lowest BCUT2D eigenvalue weighted by Gasteiger charge is -2.12. The molecule has 4 heteroatoms. The van der Waals surface area contributed by atoms with Gasteiger partial charge in [0, 0.05) is 32.6 Å². The first kappa shape index (κ1) is 14.1. The molecule has 18 heavy (non-hydrogen) atoms. The predicted octanol–water partition coefficient (Wildman–Crippen LogP) is 4.78. The van der Waals surface area contributed by atoms with Gasteiger partial charge in [-0.15, -0.1) is 23.1 Å². The molecular weight excluding hydrogens is 326 g/mol. The van der Waals surface area contributed by atoms with Gasteiger partial charge in [0.1, 0.15) is 0 Å². The molecule has 0 radical (unpaired) electrons. The number of halogens is 1. The zero-order valence-corrected chi connectivity index (χ0v) is 13.4. The van der Waals surface area contributed by atoms with Crippen LogP contribution in [0.5, 0.6) is 0 Å². The maximum absolute atomic E-state index is 3.50. The van der Waals surface area contributed by atoms with E-state index in [1.807, 2.05) is 11.8 Å². The Morgan fingerprint density at radius 3 is 2.72 bits per heavy atom. The summed E-state index contributed by atoms with van der Waals surface area (Å²) in [6.45, 7) is 4.26. The van der Waals surface area contributed by atoms with Crippen molar-refractivity contribution in [1.29, 1.82) is 0 Å². The van der Waals surface area contributed by atoms with Crippen molar-refractivity contribution in [2.45, 2.75) is 23.6 Å².